The molecule has 3 aromatic rings. The largest absolute Gasteiger partial charge is 0.397 e. The number of aryl methyl sites for hydroxylation is 2. The number of hydrogen-bond donors (Lipinski definition) is 2. The fourth-order valence-corrected chi connectivity index (χ4v) is 4.09. The van der Waals surface area contributed by atoms with Gasteiger partial charge in [-0.15, -0.1) is 16.4 Å². The third kappa shape index (κ3) is 3.40. The van der Waals surface area contributed by atoms with Crippen LogP contribution in [0.5, 0.6) is 0 Å². The molecule has 26 heavy (non-hydrogen) atoms. The molecule has 136 valence electrons. The predicted octanol–water partition coefficient (Wildman–Crippen LogP) is 1.92. The zero-order valence-electron chi connectivity index (χ0n) is 14.7. The zero-order valence-corrected chi connectivity index (χ0v) is 16.3. The SMILES string of the molecule is C=S(C)(=O)c1ccc(CNC(=O)c2sc3nnc(C)c(C)c3c2N)cn1. The van der Waals surface area contributed by atoms with Gasteiger partial charge in [-0.25, -0.2) is 4.98 Å². The third-order valence-electron chi connectivity index (χ3n) is 4.03. The second kappa shape index (κ2) is 6.65. The number of amides is 1. The van der Waals surface area contributed by atoms with Crippen molar-refractivity contribution in [1.82, 2.24) is 20.5 Å². The van der Waals surface area contributed by atoms with Gasteiger partial charge in [-0.1, -0.05) is 6.07 Å². The molecule has 7 nitrogen and oxygen atoms in total. The molecule has 3 N–H and O–H groups in total. The van der Waals surface area contributed by atoms with Crippen LogP contribution in [0.3, 0.4) is 0 Å². The molecule has 3 aromatic heterocycles. The highest BCUT2D eigenvalue weighted by molar-refractivity contribution is 7.99. The van der Waals surface area contributed by atoms with E-state index in [2.05, 4.69) is 26.4 Å². The quantitative estimate of drug-likeness (QED) is 0.660. The average molecular weight is 390 g/mol. The molecule has 0 aliphatic carbocycles. The fraction of sp³-hybridized carbons (Fsp3) is 0.235. The molecule has 3 rings (SSSR count). The summed E-state index contributed by atoms with van der Waals surface area (Å²) in [6.45, 7) is 4.06. The van der Waals surface area contributed by atoms with Gasteiger partial charge in [-0.05, 0) is 36.9 Å². The van der Waals surface area contributed by atoms with E-state index >= 15 is 0 Å². The first-order valence-electron chi connectivity index (χ1n) is 7.75. The lowest BCUT2D eigenvalue weighted by molar-refractivity contribution is 0.0956. The van der Waals surface area contributed by atoms with Crippen LogP contribution in [0.4, 0.5) is 5.69 Å². The van der Waals surface area contributed by atoms with Crippen molar-refractivity contribution >= 4 is 48.5 Å². The highest BCUT2D eigenvalue weighted by atomic mass is 32.2. The molecule has 3 heterocycles. The molecule has 0 fully saturated rings. The Kier molecular flexibility index (Phi) is 4.68. The maximum absolute atomic E-state index is 12.5. The molecular formula is C17H19N5O2S2. The Morgan fingerprint density at radius 3 is 2.69 bits per heavy atom. The van der Waals surface area contributed by atoms with Gasteiger partial charge < -0.3 is 11.1 Å². The van der Waals surface area contributed by atoms with Crippen LogP contribution < -0.4 is 11.1 Å². The van der Waals surface area contributed by atoms with Gasteiger partial charge in [0.05, 0.1) is 11.4 Å². The number of thiophene rings is 1. The second-order valence-corrected chi connectivity index (χ2v) is 9.56. The summed E-state index contributed by atoms with van der Waals surface area (Å²) in [5.41, 5.74) is 9.11. The molecule has 0 bridgehead atoms. The van der Waals surface area contributed by atoms with E-state index in [9.17, 15) is 9.00 Å². The van der Waals surface area contributed by atoms with Crippen LogP contribution in [0.1, 0.15) is 26.5 Å². The van der Waals surface area contributed by atoms with Crippen LogP contribution >= 0.6 is 11.3 Å². The molecule has 0 spiro atoms. The van der Waals surface area contributed by atoms with Gasteiger partial charge in [0.1, 0.15) is 14.7 Å². The van der Waals surface area contributed by atoms with Crippen molar-refractivity contribution < 1.29 is 9.00 Å². The highest BCUT2D eigenvalue weighted by Crippen LogP contribution is 2.34. The van der Waals surface area contributed by atoms with E-state index in [0.717, 1.165) is 22.2 Å². The number of aromatic nitrogens is 3. The lowest BCUT2D eigenvalue weighted by atomic mass is 10.1. The zero-order chi connectivity index (χ0) is 19.1. The number of anilines is 1. The first-order valence-corrected chi connectivity index (χ1v) is 10.7. The number of fused-ring (bicyclic) bond motifs is 1. The molecule has 0 aromatic carbocycles. The molecule has 0 aliphatic heterocycles. The molecule has 0 saturated heterocycles. The summed E-state index contributed by atoms with van der Waals surface area (Å²) in [5.74, 6) is 3.32. The van der Waals surface area contributed by atoms with Crippen LogP contribution in [0.25, 0.3) is 10.2 Å². The number of rotatable bonds is 4. The Balaban J connectivity index is 1.80. The van der Waals surface area contributed by atoms with Gasteiger partial charge in [0.2, 0.25) is 0 Å². The molecule has 1 amide bonds. The van der Waals surface area contributed by atoms with Crippen LogP contribution in [0.2, 0.25) is 0 Å². The summed E-state index contributed by atoms with van der Waals surface area (Å²) in [4.78, 5) is 17.7. The van der Waals surface area contributed by atoms with E-state index in [1.54, 1.807) is 18.3 Å². The lowest BCUT2D eigenvalue weighted by Gasteiger charge is -2.06. The number of carbonyl (C=O) groups is 1. The lowest BCUT2D eigenvalue weighted by Crippen LogP contribution is -2.22. The number of nitrogens with two attached hydrogens (primary N) is 1. The predicted molar refractivity (Wildman–Crippen MR) is 106 cm³/mol. The molecule has 0 radical (unpaired) electrons. The molecule has 1 atom stereocenters. The summed E-state index contributed by atoms with van der Waals surface area (Å²) in [6.07, 6.45) is 3.12. The van der Waals surface area contributed by atoms with Gasteiger partial charge in [-0.3, -0.25) is 9.00 Å². The van der Waals surface area contributed by atoms with Crippen LogP contribution in [-0.2, 0) is 16.1 Å². The topological polar surface area (TPSA) is 111 Å². The van der Waals surface area contributed by atoms with Crippen LogP contribution in [0, 0.1) is 13.8 Å². The van der Waals surface area contributed by atoms with E-state index in [0.29, 0.717) is 20.4 Å². The number of carbonyl (C=O) groups excluding carboxylic acids is 1. The Morgan fingerprint density at radius 1 is 1.35 bits per heavy atom. The Bertz CT molecular complexity index is 1100. The minimum Gasteiger partial charge on any atom is -0.397 e. The van der Waals surface area contributed by atoms with Crippen LogP contribution in [-0.4, -0.2) is 37.4 Å². The van der Waals surface area contributed by atoms with Gasteiger partial charge in [0, 0.05) is 33.9 Å². The summed E-state index contributed by atoms with van der Waals surface area (Å²) in [7, 11) is -2.35. The summed E-state index contributed by atoms with van der Waals surface area (Å²) >= 11 is 1.22. The van der Waals surface area contributed by atoms with Crippen molar-refractivity contribution in [3.05, 3.63) is 40.0 Å². The fourth-order valence-electron chi connectivity index (χ4n) is 2.44. The van der Waals surface area contributed by atoms with Gasteiger partial charge in [0.15, 0.2) is 0 Å². The maximum Gasteiger partial charge on any atom is 0.263 e. The minimum atomic E-state index is -2.35. The van der Waals surface area contributed by atoms with Gasteiger partial charge in [-0.2, -0.15) is 5.10 Å². The summed E-state index contributed by atoms with van der Waals surface area (Å²) in [6, 6.07) is 3.43. The summed E-state index contributed by atoms with van der Waals surface area (Å²) in [5, 5.41) is 12.2. The molecule has 9 heteroatoms. The Morgan fingerprint density at radius 2 is 2.08 bits per heavy atom. The van der Waals surface area contributed by atoms with E-state index < -0.39 is 9.52 Å². The normalized spacial score (nSPS) is 13.5. The van der Waals surface area contributed by atoms with Crippen LogP contribution in [0.15, 0.2) is 23.4 Å². The second-order valence-electron chi connectivity index (χ2n) is 6.13. The first-order chi connectivity index (χ1) is 12.2. The molecule has 1 unspecified atom stereocenters. The van der Waals surface area contributed by atoms with Gasteiger partial charge >= 0.3 is 0 Å². The van der Waals surface area contributed by atoms with E-state index in [1.165, 1.54) is 17.6 Å². The molecule has 0 aliphatic rings. The van der Waals surface area contributed by atoms with Crippen molar-refractivity contribution in [2.75, 3.05) is 12.0 Å². The highest BCUT2D eigenvalue weighted by Gasteiger charge is 2.19. The average Bonchev–Trinajstić information content (AvgIpc) is 2.93. The van der Waals surface area contributed by atoms with Crippen molar-refractivity contribution in [2.45, 2.75) is 25.4 Å². The minimum absolute atomic E-state index is 0.275. The van der Waals surface area contributed by atoms with E-state index in [-0.39, 0.29) is 12.5 Å². The summed E-state index contributed by atoms with van der Waals surface area (Å²) < 4.78 is 11.9. The van der Waals surface area contributed by atoms with Crippen molar-refractivity contribution in [3.8, 4) is 0 Å². The van der Waals surface area contributed by atoms with E-state index in [1.807, 2.05) is 13.8 Å². The number of hydrogen-bond acceptors (Lipinski definition) is 7. The Hall–Kier alpha value is -2.52. The smallest absolute Gasteiger partial charge is 0.263 e. The number of pyridine rings is 1. The number of nitrogen functional groups attached to an aromatic ring is 1. The maximum atomic E-state index is 12.5. The van der Waals surface area contributed by atoms with Crippen molar-refractivity contribution in [3.63, 3.8) is 0 Å². The van der Waals surface area contributed by atoms with Crippen molar-refractivity contribution in [2.24, 2.45) is 0 Å². The van der Waals surface area contributed by atoms with Crippen molar-refractivity contribution in [1.29, 1.82) is 0 Å². The van der Waals surface area contributed by atoms with Gasteiger partial charge in [0.25, 0.3) is 5.91 Å². The standard InChI is InChI=1S/C17H19N5O2S2/c1-9-10(2)21-22-17-13(9)14(18)15(25-17)16(23)20-8-11-5-6-12(19-7-11)26(3,4)24/h5-7H,3,8,18H2,1-2,4H3,(H,20,23). The van der Waals surface area contributed by atoms with E-state index in [4.69, 9.17) is 5.73 Å². The third-order valence-corrected chi connectivity index (χ3v) is 6.25. The number of nitrogens with zero attached hydrogens (tertiary/aromatic N) is 3. The Labute approximate surface area is 155 Å². The molecule has 0 saturated carbocycles. The number of nitrogens with one attached hydrogen (secondary N) is 1. The monoisotopic (exact) mass is 389 g/mol. The molecular weight excluding hydrogens is 370 g/mol. The first kappa shape index (κ1) is 18.3.